The van der Waals surface area contributed by atoms with Gasteiger partial charge in [-0.1, -0.05) is 12.1 Å². The summed E-state index contributed by atoms with van der Waals surface area (Å²) in [7, 11) is 0. The SMILES string of the molecule is CC1(c2ccc(F)cc2)NC(=O)N(CC(=O)Nc2cc(C(N)=O)c(F)cc2F)C1=O. The van der Waals surface area contributed by atoms with E-state index >= 15 is 0 Å². The van der Waals surface area contributed by atoms with Gasteiger partial charge >= 0.3 is 6.03 Å². The topological polar surface area (TPSA) is 122 Å². The lowest BCUT2D eigenvalue weighted by molar-refractivity contribution is -0.133. The number of nitrogens with one attached hydrogen (secondary N) is 2. The van der Waals surface area contributed by atoms with Crippen molar-refractivity contribution < 1.29 is 32.3 Å². The molecular weight excluding hydrogens is 405 g/mol. The molecule has 4 N–H and O–H groups in total. The number of amides is 5. The van der Waals surface area contributed by atoms with E-state index < -0.39 is 64.5 Å². The Morgan fingerprint density at radius 2 is 1.73 bits per heavy atom. The molecule has 0 aromatic heterocycles. The van der Waals surface area contributed by atoms with Gasteiger partial charge < -0.3 is 16.4 Å². The van der Waals surface area contributed by atoms with Gasteiger partial charge in [0.2, 0.25) is 5.91 Å². The van der Waals surface area contributed by atoms with Crippen LogP contribution >= 0.6 is 0 Å². The van der Waals surface area contributed by atoms with Crippen molar-refractivity contribution in [2.24, 2.45) is 5.73 Å². The number of halogens is 3. The Morgan fingerprint density at radius 3 is 2.33 bits per heavy atom. The van der Waals surface area contributed by atoms with E-state index in [9.17, 15) is 32.3 Å². The number of nitrogens with zero attached hydrogens (tertiary/aromatic N) is 1. The first-order valence-electron chi connectivity index (χ1n) is 8.52. The Kier molecular flexibility index (Phi) is 5.21. The normalized spacial score (nSPS) is 18.3. The molecule has 1 saturated heterocycles. The summed E-state index contributed by atoms with van der Waals surface area (Å²) in [4.78, 5) is 49.0. The molecule has 1 atom stereocenters. The van der Waals surface area contributed by atoms with E-state index in [2.05, 4.69) is 10.6 Å². The number of hydrogen-bond donors (Lipinski definition) is 3. The zero-order chi connectivity index (χ0) is 22.2. The molecule has 0 aliphatic carbocycles. The molecule has 5 amide bonds. The Morgan fingerprint density at radius 1 is 1.10 bits per heavy atom. The van der Waals surface area contributed by atoms with E-state index in [0.29, 0.717) is 22.6 Å². The van der Waals surface area contributed by atoms with Crippen LogP contribution in [0.2, 0.25) is 0 Å². The number of carbonyl (C=O) groups is 4. The second-order valence-corrected chi connectivity index (χ2v) is 6.68. The fourth-order valence-corrected chi connectivity index (χ4v) is 2.99. The van der Waals surface area contributed by atoms with E-state index in [0.717, 1.165) is 12.1 Å². The number of rotatable bonds is 5. The van der Waals surface area contributed by atoms with Gasteiger partial charge in [0, 0.05) is 6.07 Å². The Labute approximate surface area is 167 Å². The summed E-state index contributed by atoms with van der Waals surface area (Å²) in [6, 6.07) is 5.05. The van der Waals surface area contributed by atoms with Gasteiger partial charge in [-0.3, -0.25) is 19.3 Å². The van der Waals surface area contributed by atoms with Crippen molar-refractivity contribution in [1.82, 2.24) is 10.2 Å². The molecule has 11 heteroatoms. The van der Waals surface area contributed by atoms with Gasteiger partial charge in [-0.25, -0.2) is 18.0 Å². The van der Waals surface area contributed by atoms with Crippen LogP contribution in [0.4, 0.5) is 23.7 Å². The van der Waals surface area contributed by atoms with E-state index in [-0.39, 0.29) is 0 Å². The van der Waals surface area contributed by atoms with Crippen molar-refractivity contribution >= 4 is 29.4 Å². The smallest absolute Gasteiger partial charge is 0.325 e. The maximum Gasteiger partial charge on any atom is 0.325 e. The number of hydrogen-bond acceptors (Lipinski definition) is 4. The van der Waals surface area contributed by atoms with Gasteiger partial charge in [0.15, 0.2) is 0 Å². The number of urea groups is 1. The van der Waals surface area contributed by atoms with E-state index in [1.165, 1.54) is 19.1 Å². The van der Waals surface area contributed by atoms with Crippen molar-refractivity contribution in [3.8, 4) is 0 Å². The molecule has 0 bridgehead atoms. The molecular formula is C19H15F3N4O4. The maximum atomic E-state index is 13.9. The third kappa shape index (κ3) is 3.69. The molecule has 1 aliphatic rings. The monoisotopic (exact) mass is 420 g/mol. The van der Waals surface area contributed by atoms with Gasteiger partial charge in [0.05, 0.1) is 11.3 Å². The van der Waals surface area contributed by atoms with Gasteiger partial charge in [0.1, 0.15) is 29.5 Å². The third-order valence-electron chi connectivity index (χ3n) is 4.59. The summed E-state index contributed by atoms with van der Waals surface area (Å²) in [5, 5.41) is 4.49. The summed E-state index contributed by atoms with van der Waals surface area (Å²) in [5.74, 6) is -5.87. The molecule has 0 saturated carbocycles. The highest BCUT2D eigenvalue weighted by atomic mass is 19.1. The van der Waals surface area contributed by atoms with Crippen LogP contribution in [0.15, 0.2) is 36.4 Å². The first-order chi connectivity index (χ1) is 14.0. The van der Waals surface area contributed by atoms with Gasteiger partial charge in [-0.05, 0) is 30.7 Å². The van der Waals surface area contributed by atoms with Crippen molar-refractivity contribution in [3.63, 3.8) is 0 Å². The molecule has 0 spiro atoms. The lowest BCUT2D eigenvalue weighted by atomic mass is 9.92. The molecule has 1 fully saturated rings. The molecule has 156 valence electrons. The first kappa shape index (κ1) is 20.8. The molecule has 2 aromatic carbocycles. The average molecular weight is 420 g/mol. The molecule has 1 unspecified atom stereocenters. The molecule has 8 nitrogen and oxygen atoms in total. The zero-order valence-electron chi connectivity index (χ0n) is 15.5. The van der Waals surface area contributed by atoms with Crippen LogP contribution in [-0.4, -0.2) is 35.2 Å². The van der Waals surface area contributed by atoms with Gasteiger partial charge in [0.25, 0.3) is 11.8 Å². The number of nitrogens with two attached hydrogens (primary N) is 1. The second kappa shape index (κ2) is 7.50. The first-order valence-corrected chi connectivity index (χ1v) is 8.52. The minimum Gasteiger partial charge on any atom is -0.366 e. The Bertz CT molecular complexity index is 1070. The van der Waals surface area contributed by atoms with Crippen LogP contribution in [0.1, 0.15) is 22.8 Å². The second-order valence-electron chi connectivity index (χ2n) is 6.68. The average Bonchev–Trinajstić information content (AvgIpc) is 2.88. The molecule has 1 heterocycles. The highest BCUT2D eigenvalue weighted by molar-refractivity contribution is 6.10. The van der Waals surface area contributed by atoms with Crippen molar-refractivity contribution in [2.45, 2.75) is 12.5 Å². The van der Waals surface area contributed by atoms with Crippen LogP contribution in [0, 0.1) is 17.5 Å². The van der Waals surface area contributed by atoms with Gasteiger partial charge in [-0.2, -0.15) is 0 Å². The van der Waals surface area contributed by atoms with Crippen molar-refractivity contribution in [2.75, 3.05) is 11.9 Å². The number of benzene rings is 2. The van der Waals surface area contributed by atoms with Crippen molar-refractivity contribution in [1.29, 1.82) is 0 Å². The number of imide groups is 1. The number of primary amides is 1. The summed E-state index contributed by atoms with van der Waals surface area (Å²) < 4.78 is 40.6. The summed E-state index contributed by atoms with van der Waals surface area (Å²) in [6.45, 7) is 0.599. The molecule has 0 radical (unpaired) electrons. The highest BCUT2D eigenvalue weighted by Gasteiger charge is 2.49. The maximum absolute atomic E-state index is 13.9. The standard InChI is InChI=1S/C19H15F3N4O4/c1-19(9-2-4-10(20)5-3-9)17(29)26(18(30)25-19)8-15(27)24-14-6-11(16(23)28)12(21)7-13(14)22/h2-7H,8H2,1H3,(H2,23,28)(H,24,27)(H,25,30). The fraction of sp³-hybridized carbons (Fsp3) is 0.158. The summed E-state index contributed by atoms with van der Waals surface area (Å²) in [6.07, 6.45) is 0. The summed E-state index contributed by atoms with van der Waals surface area (Å²) in [5.41, 5.74) is 2.54. The van der Waals surface area contributed by atoms with Crippen LogP contribution < -0.4 is 16.4 Å². The minimum absolute atomic E-state index is 0.292. The van der Waals surface area contributed by atoms with Crippen LogP contribution in [0.3, 0.4) is 0 Å². The van der Waals surface area contributed by atoms with E-state index in [4.69, 9.17) is 5.73 Å². The predicted molar refractivity (Wildman–Crippen MR) is 97.5 cm³/mol. The molecule has 1 aliphatic heterocycles. The predicted octanol–water partition coefficient (Wildman–Crippen LogP) is 1.61. The number of anilines is 1. The third-order valence-corrected chi connectivity index (χ3v) is 4.59. The lowest BCUT2D eigenvalue weighted by Crippen LogP contribution is -2.42. The molecule has 30 heavy (non-hydrogen) atoms. The fourth-order valence-electron chi connectivity index (χ4n) is 2.99. The van der Waals surface area contributed by atoms with Crippen LogP contribution in [0.5, 0.6) is 0 Å². The lowest BCUT2D eigenvalue weighted by Gasteiger charge is -2.22. The molecule has 3 rings (SSSR count). The minimum atomic E-state index is -1.54. The van der Waals surface area contributed by atoms with E-state index in [1.807, 2.05) is 0 Å². The number of carbonyl (C=O) groups excluding carboxylic acids is 4. The zero-order valence-corrected chi connectivity index (χ0v) is 15.5. The van der Waals surface area contributed by atoms with E-state index in [1.54, 1.807) is 0 Å². The van der Waals surface area contributed by atoms with Gasteiger partial charge in [-0.15, -0.1) is 0 Å². The Balaban J connectivity index is 1.78. The highest BCUT2D eigenvalue weighted by Crippen LogP contribution is 2.29. The van der Waals surface area contributed by atoms with Crippen LogP contribution in [0.25, 0.3) is 0 Å². The quantitative estimate of drug-likeness (QED) is 0.636. The largest absolute Gasteiger partial charge is 0.366 e. The summed E-state index contributed by atoms with van der Waals surface area (Å²) >= 11 is 0. The Hall–Kier alpha value is -3.89. The molecule has 2 aromatic rings. The van der Waals surface area contributed by atoms with Crippen molar-refractivity contribution in [3.05, 3.63) is 65.0 Å². The van der Waals surface area contributed by atoms with Crippen LogP contribution in [-0.2, 0) is 15.1 Å².